The van der Waals surface area contributed by atoms with Gasteiger partial charge in [0.1, 0.15) is 5.82 Å². The van der Waals surface area contributed by atoms with Crippen LogP contribution in [0.1, 0.15) is 53.4 Å². The maximum absolute atomic E-state index is 14.1. The van der Waals surface area contributed by atoms with Crippen molar-refractivity contribution >= 4 is 49.2 Å². The zero-order valence-electron chi connectivity index (χ0n) is 27.6. The Bertz CT molecular complexity index is 1940. The Balaban J connectivity index is 0.000000204. The van der Waals surface area contributed by atoms with Crippen molar-refractivity contribution in [3.63, 3.8) is 0 Å². The summed E-state index contributed by atoms with van der Waals surface area (Å²) in [5.74, 6) is 5.55. The van der Waals surface area contributed by atoms with Crippen molar-refractivity contribution < 1.29 is 27.2 Å². The van der Waals surface area contributed by atoms with Crippen LogP contribution in [0.5, 0.6) is 0 Å². The number of fused-ring (bicyclic) bond motifs is 3. The molecule has 6 rings (SSSR count). The molecule has 223 valence electrons. The number of aromatic nitrogens is 2. The Labute approximate surface area is 278 Å². The number of pyridine rings is 2. The molecule has 6 heteroatoms. The summed E-state index contributed by atoms with van der Waals surface area (Å²) in [4.78, 5) is 9.09. The van der Waals surface area contributed by atoms with Gasteiger partial charge in [0.2, 0.25) is 0 Å². The average molecular weight is 828 g/mol. The number of rotatable bonds is 5. The van der Waals surface area contributed by atoms with Crippen molar-refractivity contribution in [2.45, 2.75) is 56.8 Å². The number of hydrogen-bond donors (Lipinski definition) is 0. The Morgan fingerprint density at radius 1 is 0.814 bits per heavy atom. The van der Waals surface area contributed by atoms with Gasteiger partial charge >= 0.3 is 120 Å². The Kier molecular flexibility index (Phi) is 9.84. The Morgan fingerprint density at radius 2 is 1.58 bits per heavy atom. The van der Waals surface area contributed by atoms with E-state index in [4.69, 9.17) is 2.74 Å². The third-order valence-electron chi connectivity index (χ3n) is 7.24. The summed E-state index contributed by atoms with van der Waals surface area (Å²) < 4.78 is 33.8. The minimum Gasteiger partial charge on any atom is -0.305 e. The molecule has 3 aromatic carbocycles. The molecule has 0 N–H and O–H groups in total. The first kappa shape index (κ1) is 30.3. The molecule has 2 nitrogen and oxygen atoms in total. The molecule has 3 heterocycles. The van der Waals surface area contributed by atoms with Gasteiger partial charge in [0.25, 0.3) is 0 Å². The molecular weight excluding hydrogens is 788 g/mol. The molecule has 0 aliphatic heterocycles. The molecule has 0 saturated carbocycles. The molecule has 0 amide bonds. The van der Waals surface area contributed by atoms with Gasteiger partial charge in [-0.05, 0) is 33.8 Å². The summed E-state index contributed by atoms with van der Waals surface area (Å²) in [6, 6.07) is 29.2. The summed E-state index contributed by atoms with van der Waals surface area (Å²) >= 11 is -0.596. The van der Waals surface area contributed by atoms with Crippen LogP contribution in [0.15, 0.2) is 85.2 Å². The summed E-state index contributed by atoms with van der Waals surface area (Å²) in [5, 5.41) is 1.93. The van der Waals surface area contributed by atoms with Crippen molar-refractivity contribution in [2.75, 3.05) is 0 Å². The predicted molar refractivity (Wildman–Crippen MR) is 181 cm³/mol. The van der Waals surface area contributed by atoms with E-state index in [1.807, 2.05) is 88.5 Å². The number of nitrogens with zero attached hydrogens (tertiary/aromatic N) is 2. The van der Waals surface area contributed by atoms with Crippen LogP contribution in [0.3, 0.4) is 0 Å². The first-order valence-corrected chi connectivity index (χ1v) is 22.3. The molecule has 0 bridgehead atoms. The zero-order chi connectivity index (χ0) is 31.9. The van der Waals surface area contributed by atoms with E-state index in [9.17, 15) is 4.39 Å². The summed E-state index contributed by atoms with van der Waals surface area (Å²) in [7, 11) is 0. The predicted octanol–water partition coefficient (Wildman–Crippen LogP) is 10.4. The second-order valence-electron chi connectivity index (χ2n) is 11.9. The van der Waals surface area contributed by atoms with Gasteiger partial charge < -0.3 is 4.98 Å². The monoisotopic (exact) mass is 829 g/mol. The second kappa shape index (κ2) is 13.9. The zero-order valence-corrected chi connectivity index (χ0v) is 30.9. The fraction of sp³-hybridized carbons (Fsp3) is 0.243. The fourth-order valence-corrected chi connectivity index (χ4v) is 9.49. The van der Waals surface area contributed by atoms with Crippen molar-refractivity contribution in [1.29, 1.82) is 0 Å². The van der Waals surface area contributed by atoms with Gasteiger partial charge in [-0.2, -0.15) is 11.3 Å². The van der Waals surface area contributed by atoms with Crippen LogP contribution in [-0.2, 0) is 20.1 Å². The molecule has 6 aromatic rings. The molecule has 0 atom stereocenters. The van der Waals surface area contributed by atoms with Crippen LogP contribution in [0.4, 0.5) is 4.39 Å². The molecule has 0 unspecified atom stereocenters. The van der Waals surface area contributed by atoms with Crippen LogP contribution >= 0.6 is 11.3 Å². The van der Waals surface area contributed by atoms with E-state index in [1.54, 1.807) is 12.3 Å². The Hall–Kier alpha value is -2.70. The normalized spacial score (nSPS) is 12.7. The average Bonchev–Trinajstić information content (AvgIpc) is 3.37. The molecule has 43 heavy (non-hydrogen) atoms. The quantitative estimate of drug-likeness (QED) is 0.128. The third-order valence-corrected chi connectivity index (χ3v) is 12.7. The van der Waals surface area contributed by atoms with Crippen LogP contribution in [-0.4, -0.2) is 23.2 Å². The maximum atomic E-state index is 14.1. The first-order chi connectivity index (χ1) is 20.6. The van der Waals surface area contributed by atoms with Gasteiger partial charge in [0.05, 0.1) is 4.70 Å². The number of benzene rings is 3. The SMILES string of the molecule is [2H]C(C)(C)c1cc(-c2[c-]cccc2)nc[c]1[Ge]([CH3])([CH3])[CH3].[2H]C(C)(C)c1ccnc(-c2[c-]ccc3c2sc2c(F)cccc23)c1.[Ir]. The van der Waals surface area contributed by atoms with Gasteiger partial charge in [-0.25, -0.2) is 4.39 Å². The smallest absolute Gasteiger partial charge is 0.140 e. The second-order valence-corrected chi connectivity index (χ2v) is 23.5. The largest absolute Gasteiger partial charge is 0.305 e. The summed E-state index contributed by atoms with van der Waals surface area (Å²) in [5.41, 5.74) is 5.55. The maximum Gasteiger partial charge on any atom is 0.140 e. The number of thiophene rings is 1. The van der Waals surface area contributed by atoms with Crippen LogP contribution in [0, 0.1) is 17.9 Å². The van der Waals surface area contributed by atoms with E-state index in [0.29, 0.717) is 4.70 Å². The molecule has 0 saturated heterocycles. The van der Waals surface area contributed by atoms with Crippen molar-refractivity contribution in [2.24, 2.45) is 0 Å². The first-order valence-electron chi connectivity index (χ1n) is 15.1. The van der Waals surface area contributed by atoms with Gasteiger partial charge in [0.15, 0.2) is 0 Å². The van der Waals surface area contributed by atoms with E-state index in [0.717, 1.165) is 49.1 Å². The standard InChI is InChI=1S/C20H15FNS.C17H22GeN.Ir/c1-12(2)13-9-10-22-18(11-13)16-7-3-5-14-15-6-4-8-17(21)20(15)23-19(14)16;1-13(2)15-11-17(14-9-7-6-8-10-14)19-12-16(15)18(3,4)5;/h3-6,8-12H,1-2H3;6-9,11-13H,1-5H3;/q2*-1;/i12D;13D;. The van der Waals surface area contributed by atoms with Gasteiger partial charge in [-0.15, -0.1) is 23.8 Å². The van der Waals surface area contributed by atoms with E-state index in [2.05, 4.69) is 45.4 Å². The van der Waals surface area contributed by atoms with Crippen molar-refractivity contribution in [3.05, 3.63) is 114 Å². The molecule has 0 aliphatic carbocycles. The Morgan fingerprint density at radius 3 is 2.26 bits per heavy atom. The van der Waals surface area contributed by atoms with Gasteiger partial charge in [-0.1, -0.05) is 43.0 Å². The third kappa shape index (κ3) is 7.34. The fourth-order valence-electron chi connectivity index (χ4n) is 4.96. The molecule has 0 spiro atoms. The van der Waals surface area contributed by atoms with E-state index >= 15 is 0 Å². The summed E-state index contributed by atoms with van der Waals surface area (Å²) in [6.07, 6.45) is 3.73. The van der Waals surface area contributed by atoms with Crippen LogP contribution in [0.25, 0.3) is 42.7 Å². The molecule has 0 aliphatic rings. The molecule has 3 aromatic heterocycles. The van der Waals surface area contributed by atoms with E-state index < -0.39 is 25.1 Å². The van der Waals surface area contributed by atoms with Crippen molar-refractivity contribution in [1.82, 2.24) is 9.97 Å². The molecule has 0 fully saturated rings. The van der Waals surface area contributed by atoms with E-state index in [-0.39, 0.29) is 25.9 Å². The van der Waals surface area contributed by atoms with Crippen LogP contribution in [0.2, 0.25) is 17.3 Å². The minimum atomic E-state index is -2.03. The van der Waals surface area contributed by atoms with Crippen molar-refractivity contribution in [3.8, 4) is 22.5 Å². The minimum absolute atomic E-state index is 0. The number of hydrogen-bond acceptors (Lipinski definition) is 3. The molecule has 1 radical (unpaired) electrons. The van der Waals surface area contributed by atoms with Gasteiger partial charge in [0, 0.05) is 27.7 Å². The topological polar surface area (TPSA) is 25.8 Å². The van der Waals surface area contributed by atoms with E-state index in [1.165, 1.54) is 21.8 Å². The summed E-state index contributed by atoms with van der Waals surface area (Å²) in [6.45, 7) is 7.62. The van der Waals surface area contributed by atoms with Gasteiger partial charge in [-0.3, -0.25) is 0 Å². The molecular formula is C37H37FGeIrN2S-2. The van der Waals surface area contributed by atoms with Crippen LogP contribution < -0.4 is 4.40 Å². The number of halogens is 1.